The quantitative estimate of drug-likeness (QED) is 0.450. The monoisotopic (exact) mass is 340 g/mol. The van der Waals surface area contributed by atoms with Crippen molar-refractivity contribution in [1.82, 2.24) is 5.43 Å². The molecule has 5 heteroatoms. The summed E-state index contributed by atoms with van der Waals surface area (Å²) in [6.45, 7) is 4.72. The Morgan fingerprint density at radius 2 is 2.00 bits per heavy atom. The average molecular weight is 340 g/mol. The first kappa shape index (κ1) is 18.5. The van der Waals surface area contributed by atoms with Crippen LogP contribution in [-0.2, 0) is 0 Å². The molecule has 0 saturated carbocycles. The molecule has 2 rings (SSSR count). The maximum Gasteiger partial charge on any atom is 0.275 e. The lowest BCUT2D eigenvalue weighted by Crippen LogP contribution is -2.18. The number of amides is 1. The number of carbonyl (C=O) groups excluding carboxylic acids is 1. The SMILES string of the molecule is CCCCOc1ccccc1/C=N\NC(=O)c1ccc(C)cc1OC. The highest BCUT2D eigenvalue weighted by Gasteiger charge is 2.11. The van der Waals surface area contributed by atoms with Gasteiger partial charge >= 0.3 is 0 Å². The fourth-order valence-corrected chi connectivity index (χ4v) is 2.25. The number of methoxy groups -OCH3 is 1. The number of rotatable bonds is 8. The van der Waals surface area contributed by atoms with Crippen LogP contribution in [0.2, 0.25) is 0 Å². The number of hydrazone groups is 1. The van der Waals surface area contributed by atoms with Crippen LogP contribution in [0, 0.1) is 6.92 Å². The number of nitrogens with zero attached hydrogens (tertiary/aromatic N) is 1. The van der Waals surface area contributed by atoms with Gasteiger partial charge in [-0.2, -0.15) is 5.10 Å². The number of hydrogen-bond acceptors (Lipinski definition) is 4. The third kappa shape index (κ3) is 5.35. The van der Waals surface area contributed by atoms with Crippen molar-refractivity contribution in [3.63, 3.8) is 0 Å². The Morgan fingerprint density at radius 3 is 2.76 bits per heavy atom. The van der Waals surface area contributed by atoms with E-state index in [0.717, 1.165) is 29.7 Å². The van der Waals surface area contributed by atoms with Crippen molar-refractivity contribution in [3.05, 3.63) is 59.2 Å². The Morgan fingerprint density at radius 1 is 1.20 bits per heavy atom. The maximum absolute atomic E-state index is 12.3. The van der Waals surface area contributed by atoms with Crippen molar-refractivity contribution in [2.75, 3.05) is 13.7 Å². The predicted molar refractivity (Wildman–Crippen MR) is 99.6 cm³/mol. The highest BCUT2D eigenvalue weighted by molar-refractivity contribution is 5.97. The van der Waals surface area contributed by atoms with Gasteiger partial charge in [-0.05, 0) is 43.2 Å². The van der Waals surface area contributed by atoms with Crippen molar-refractivity contribution >= 4 is 12.1 Å². The van der Waals surface area contributed by atoms with Crippen LogP contribution in [0.15, 0.2) is 47.6 Å². The molecule has 0 aromatic heterocycles. The second-order valence-electron chi connectivity index (χ2n) is 5.64. The number of benzene rings is 2. The van der Waals surface area contributed by atoms with E-state index in [1.165, 1.54) is 0 Å². The predicted octanol–water partition coefficient (Wildman–Crippen LogP) is 3.95. The van der Waals surface area contributed by atoms with E-state index in [1.807, 2.05) is 43.3 Å². The van der Waals surface area contributed by atoms with E-state index in [-0.39, 0.29) is 5.91 Å². The van der Waals surface area contributed by atoms with Gasteiger partial charge in [-0.15, -0.1) is 0 Å². The molecular formula is C20H24N2O3. The molecule has 0 radical (unpaired) electrons. The van der Waals surface area contributed by atoms with E-state index in [1.54, 1.807) is 19.4 Å². The van der Waals surface area contributed by atoms with E-state index in [9.17, 15) is 4.79 Å². The van der Waals surface area contributed by atoms with Crippen LogP contribution in [0.25, 0.3) is 0 Å². The minimum absolute atomic E-state index is 0.322. The van der Waals surface area contributed by atoms with Gasteiger partial charge in [0, 0.05) is 5.56 Å². The lowest BCUT2D eigenvalue weighted by atomic mass is 10.1. The number of nitrogens with one attached hydrogen (secondary N) is 1. The molecular weight excluding hydrogens is 316 g/mol. The molecule has 0 unspecified atom stereocenters. The lowest BCUT2D eigenvalue weighted by molar-refractivity contribution is 0.0952. The van der Waals surface area contributed by atoms with E-state index in [2.05, 4.69) is 17.5 Å². The molecule has 0 heterocycles. The molecule has 5 nitrogen and oxygen atoms in total. The first-order valence-electron chi connectivity index (χ1n) is 8.35. The zero-order chi connectivity index (χ0) is 18.1. The van der Waals surface area contributed by atoms with Crippen LogP contribution in [0.5, 0.6) is 11.5 Å². The molecule has 0 saturated heterocycles. The van der Waals surface area contributed by atoms with Gasteiger partial charge < -0.3 is 9.47 Å². The summed E-state index contributed by atoms with van der Waals surface area (Å²) in [5, 5.41) is 4.04. The van der Waals surface area contributed by atoms with Gasteiger partial charge in [0.1, 0.15) is 11.5 Å². The van der Waals surface area contributed by atoms with E-state index in [4.69, 9.17) is 9.47 Å². The lowest BCUT2D eigenvalue weighted by Gasteiger charge is -2.09. The van der Waals surface area contributed by atoms with Gasteiger partial charge in [-0.1, -0.05) is 31.5 Å². The molecule has 1 amide bonds. The van der Waals surface area contributed by atoms with Crippen molar-refractivity contribution in [3.8, 4) is 11.5 Å². The normalized spacial score (nSPS) is 10.7. The van der Waals surface area contributed by atoms with E-state index in [0.29, 0.717) is 17.9 Å². The van der Waals surface area contributed by atoms with Gasteiger partial charge in [0.15, 0.2) is 0 Å². The topological polar surface area (TPSA) is 59.9 Å². The number of ether oxygens (including phenoxy) is 2. The standard InChI is InChI=1S/C20H24N2O3/c1-4-5-12-25-18-9-7-6-8-16(18)14-21-22-20(23)17-11-10-15(2)13-19(17)24-3/h6-11,13-14H,4-5,12H2,1-3H3,(H,22,23)/b21-14-. The number of carbonyl (C=O) groups is 1. The third-order valence-electron chi connectivity index (χ3n) is 3.65. The summed E-state index contributed by atoms with van der Waals surface area (Å²) >= 11 is 0. The van der Waals surface area contributed by atoms with E-state index < -0.39 is 0 Å². The Balaban J connectivity index is 2.05. The van der Waals surface area contributed by atoms with E-state index >= 15 is 0 Å². The number of hydrogen-bond donors (Lipinski definition) is 1. The van der Waals surface area contributed by atoms with Crippen LogP contribution in [-0.4, -0.2) is 25.8 Å². The van der Waals surface area contributed by atoms with Crippen LogP contribution in [0.3, 0.4) is 0 Å². The third-order valence-corrected chi connectivity index (χ3v) is 3.65. The van der Waals surface area contributed by atoms with Crippen LogP contribution >= 0.6 is 0 Å². The van der Waals surface area contributed by atoms with Crippen molar-refractivity contribution < 1.29 is 14.3 Å². The second kappa shape index (κ2) is 9.47. The highest BCUT2D eigenvalue weighted by Crippen LogP contribution is 2.20. The molecule has 0 spiro atoms. The molecule has 0 aliphatic heterocycles. The van der Waals surface area contributed by atoms with Crippen molar-refractivity contribution in [1.29, 1.82) is 0 Å². The minimum Gasteiger partial charge on any atom is -0.496 e. The molecule has 25 heavy (non-hydrogen) atoms. The number of aryl methyl sites for hydroxylation is 1. The smallest absolute Gasteiger partial charge is 0.275 e. The van der Waals surface area contributed by atoms with Crippen LogP contribution in [0.1, 0.15) is 41.3 Å². The van der Waals surface area contributed by atoms with Crippen molar-refractivity contribution in [2.45, 2.75) is 26.7 Å². The Kier molecular flexibility index (Phi) is 7.01. The Bertz CT molecular complexity index is 741. The summed E-state index contributed by atoms with van der Waals surface area (Å²) in [6.07, 6.45) is 3.65. The largest absolute Gasteiger partial charge is 0.496 e. The first-order valence-corrected chi connectivity index (χ1v) is 8.35. The molecule has 0 atom stereocenters. The summed E-state index contributed by atoms with van der Waals surface area (Å²) in [5.74, 6) is 0.954. The number of para-hydroxylation sites is 1. The molecule has 0 bridgehead atoms. The first-order chi connectivity index (χ1) is 12.2. The summed E-state index contributed by atoms with van der Waals surface area (Å²) < 4.78 is 11.0. The highest BCUT2D eigenvalue weighted by atomic mass is 16.5. The molecule has 2 aromatic rings. The van der Waals surface area contributed by atoms with Gasteiger partial charge in [0.2, 0.25) is 0 Å². The van der Waals surface area contributed by atoms with Crippen LogP contribution in [0.4, 0.5) is 0 Å². The summed E-state index contributed by atoms with van der Waals surface area (Å²) in [6, 6.07) is 13.0. The zero-order valence-electron chi connectivity index (χ0n) is 14.9. The molecule has 2 aromatic carbocycles. The van der Waals surface area contributed by atoms with Gasteiger partial charge in [-0.3, -0.25) is 4.79 Å². The molecule has 0 aliphatic carbocycles. The zero-order valence-corrected chi connectivity index (χ0v) is 14.9. The fraction of sp³-hybridized carbons (Fsp3) is 0.300. The summed E-state index contributed by atoms with van der Waals surface area (Å²) in [5.41, 5.74) is 4.81. The molecule has 132 valence electrons. The Labute approximate surface area is 148 Å². The van der Waals surface area contributed by atoms with Gasteiger partial charge in [0.05, 0.1) is 25.5 Å². The Hall–Kier alpha value is -2.82. The van der Waals surface area contributed by atoms with Crippen LogP contribution < -0.4 is 14.9 Å². The minimum atomic E-state index is -0.322. The fourth-order valence-electron chi connectivity index (χ4n) is 2.25. The average Bonchev–Trinajstić information content (AvgIpc) is 2.62. The maximum atomic E-state index is 12.3. The number of unbranched alkanes of at least 4 members (excludes halogenated alkanes) is 1. The summed E-state index contributed by atoms with van der Waals surface area (Å²) in [4.78, 5) is 12.3. The second-order valence-corrected chi connectivity index (χ2v) is 5.64. The molecule has 0 fully saturated rings. The van der Waals surface area contributed by atoms with Crippen molar-refractivity contribution in [2.24, 2.45) is 5.10 Å². The van der Waals surface area contributed by atoms with Gasteiger partial charge in [0.25, 0.3) is 5.91 Å². The summed E-state index contributed by atoms with van der Waals surface area (Å²) in [7, 11) is 1.54. The molecule has 0 aliphatic rings. The van der Waals surface area contributed by atoms with Gasteiger partial charge in [-0.25, -0.2) is 5.43 Å². The molecule has 1 N–H and O–H groups in total.